The average molecular weight is 205 g/mol. The van der Waals surface area contributed by atoms with Crippen molar-refractivity contribution in [2.24, 2.45) is 0 Å². The van der Waals surface area contributed by atoms with Crippen LogP contribution in [0.2, 0.25) is 0 Å². The first-order valence-corrected chi connectivity index (χ1v) is 4.12. The minimum atomic E-state index is -0.556. The Hall–Kier alpha value is -2.37. The molecule has 3 N–H and O–H groups in total. The molecule has 0 fully saturated rings. The third-order valence-corrected chi connectivity index (χ3v) is 2.07. The summed E-state index contributed by atoms with van der Waals surface area (Å²) < 4.78 is 0. The van der Waals surface area contributed by atoms with E-state index in [1.807, 2.05) is 0 Å². The Balaban J connectivity index is 2.94. The monoisotopic (exact) mass is 205 g/mol. The number of aromatic nitrogens is 1. The standard InChI is InChI=1S/C9H7N3O3/c10-6-4-7(12(14)15)5-2-1-3-11-8(5)9(6)13/h1-4,13H,10H2. The van der Waals surface area contributed by atoms with Crippen LogP contribution in [0.1, 0.15) is 0 Å². The van der Waals surface area contributed by atoms with E-state index >= 15 is 0 Å². The maximum absolute atomic E-state index is 10.7. The molecule has 0 saturated carbocycles. The van der Waals surface area contributed by atoms with Crippen LogP contribution in [0, 0.1) is 10.1 Å². The molecule has 0 unspecified atom stereocenters. The summed E-state index contributed by atoms with van der Waals surface area (Å²) in [4.78, 5) is 14.0. The zero-order chi connectivity index (χ0) is 11.0. The number of anilines is 1. The molecule has 76 valence electrons. The number of nitro benzene ring substituents is 1. The van der Waals surface area contributed by atoms with E-state index in [0.717, 1.165) is 6.07 Å². The molecule has 2 rings (SSSR count). The number of nitrogens with zero attached hydrogens (tertiary/aromatic N) is 2. The number of nitrogens with two attached hydrogens (primary N) is 1. The van der Waals surface area contributed by atoms with Gasteiger partial charge < -0.3 is 10.8 Å². The van der Waals surface area contributed by atoms with E-state index in [0.29, 0.717) is 0 Å². The van der Waals surface area contributed by atoms with Gasteiger partial charge in [0.15, 0.2) is 5.75 Å². The largest absolute Gasteiger partial charge is 0.504 e. The number of hydrogen-bond acceptors (Lipinski definition) is 5. The highest BCUT2D eigenvalue weighted by Gasteiger charge is 2.17. The van der Waals surface area contributed by atoms with Crippen LogP contribution >= 0.6 is 0 Å². The van der Waals surface area contributed by atoms with Crippen LogP contribution in [0.5, 0.6) is 5.75 Å². The van der Waals surface area contributed by atoms with Gasteiger partial charge in [-0.2, -0.15) is 0 Å². The highest BCUT2D eigenvalue weighted by molar-refractivity contribution is 5.96. The van der Waals surface area contributed by atoms with Gasteiger partial charge in [0.05, 0.1) is 16.0 Å². The first kappa shape index (κ1) is 9.20. The molecule has 0 aliphatic rings. The van der Waals surface area contributed by atoms with Crippen LogP contribution in [0.25, 0.3) is 10.9 Å². The molecule has 0 aliphatic heterocycles. The maximum atomic E-state index is 10.7. The molecule has 0 amide bonds. The summed E-state index contributed by atoms with van der Waals surface area (Å²) in [5.74, 6) is -0.226. The molecule has 1 heterocycles. The van der Waals surface area contributed by atoms with Gasteiger partial charge in [0.25, 0.3) is 5.69 Å². The summed E-state index contributed by atoms with van der Waals surface area (Å²) in [7, 11) is 0. The van der Waals surface area contributed by atoms with E-state index < -0.39 is 4.92 Å². The molecule has 1 aromatic carbocycles. The van der Waals surface area contributed by atoms with Crippen molar-refractivity contribution in [2.45, 2.75) is 0 Å². The first-order chi connectivity index (χ1) is 7.11. The maximum Gasteiger partial charge on any atom is 0.281 e. The quantitative estimate of drug-likeness (QED) is 0.317. The molecule has 1 aromatic heterocycles. The summed E-state index contributed by atoms with van der Waals surface area (Å²) >= 11 is 0. The number of nitrogen functional groups attached to an aromatic ring is 1. The molecule has 2 aromatic rings. The lowest BCUT2D eigenvalue weighted by Gasteiger charge is -2.03. The molecule has 0 spiro atoms. The first-order valence-electron chi connectivity index (χ1n) is 4.12. The summed E-state index contributed by atoms with van der Waals surface area (Å²) in [5, 5.41) is 20.5. The number of phenolic OH excluding ortho intramolecular Hbond substituents is 1. The van der Waals surface area contributed by atoms with Crippen molar-refractivity contribution in [3.63, 3.8) is 0 Å². The molecule has 0 saturated heterocycles. The number of non-ortho nitro benzene ring substituents is 1. The summed E-state index contributed by atoms with van der Waals surface area (Å²) in [6.07, 6.45) is 1.44. The number of phenols is 1. The van der Waals surface area contributed by atoms with E-state index in [2.05, 4.69) is 4.98 Å². The Morgan fingerprint density at radius 2 is 2.27 bits per heavy atom. The molecule has 0 radical (unpaired) electrons. The van der Waals surface area contributed by atoms with Gasteiger partial charge in [0.2, 0.25) is 0 Å². The van der Waals surface area contributed by atoms with E-state index in [1.165, 1.54) is 12.3 Å². The van der Waals surface area contributed by atoms with Crippen LogP contribution in [0.3, 0.4) is 0 Å². The zero-order valence-electron chi connectivity index (χ0n) is 7.54. The van der Waals surface area contributed by atoms with Gasteiger partial charge in [-0.15, -0.1) is 0 Å². The number of benzene rings is 1. The summed E-state index contributed by atoms with van der Waals surface area (Å²) in [6, 6.07) is 4.20. The number of nitro groups is 1. The van der Waals surface area contributed by atoms with Gasteiger partial charge in [0, 0.05) is 12.3 Å². The molecule has 6 nitrogen and oxygen atoms in total. The molecule has 15 heavy (non-hydrogen) atoms. The number of pyridine rings is 1. The van der Waals surface area contributed by atoms with Crippen molar-refractivity contribution in [2.75, 3.05) is 5.73 Å². The highest BCUT2D eigenvalue weighted by Crippen LogP contribution is 2.35. The third-order valence-electron chi connectivity index (χ3n) is 2.07. The van der Waals surface area contributed by atoms with Crippen LogP contribution in [0.15, 0.2) is 24.4 Å². The van der Waals surface area contributed by atoms with Crippen molar-refractivity contribution >= 4 is 22.3 Å². The van der Waals surface area contributed by atoms with E-state index in [9.17, 15) is 15.2 Å². The number of rotatable bonds is 1. The Morgan fingerprint density at radius 1 is 1.53 bits per heavy atom. The Labute approximate surface area is 84.1 Å². The Morgan fingerprint density at radius 3 is 2.93 bits per heavy atom. The van der Waals surface area contributed by atoms with E-state index in [4.69, 9.17) is 5.73 Å². The second-order valence-electron chi connectivity index (χ2n) is 2.99. The zero-order valence-corrected chi connectivity index (χ0v) is 7.54. The Bertz CT molecular complexity index is 554. The van der Waals surface area contributed by atoms with Gasteiger partial charge in [-0.3, -0.25) is 15.1 Å². The summed E-state index contributed by atoms with van der Waals surface area (Å²) in [6.45, 7) is 0. The minimum absolute atomic E-state index is 0.0482. The SMILES string of the molecule is Nc1cc([N+](=O)[O-])c2cccnc2c1O. The van der Waals surface area contributed by atoms with Gasteiger partial charge in [-0.05, 0) is 12.1 Å². The molecular weight excluding hydrogens is 198 g/mol. The predicted octanol–water partition coefficient (Wildman–Crippen LogP) is 1.43. The van der Waals surface area contributed by atoms with Crippen molar-refractivity contribution < 1.29 is 10.0 Å². The number of hydrogen-bond donors (Lipinski definition) is 2. The lowest BCUT2D eigenvalue weighted by atomic mass is 10.1. The van der Waals surface area contributed by atoms with E-state index in [1.54, 1.807) is 6.07 Å². The highest BCUT2D eigenvalue weighted by atomic mass is 16.6. The van der Waals surface area contributed by atoms with Crippen molar-refractivity contribution in [1.82, 2.24) is 4.98 Å². The minimum Gasteiger partial charge on any atom is -0.504 e. The number of fused-ring (bicyclic) bond motifs is 1. The predicted molar refractivity (Wildman–Crippen MR) is 54.5 cm³/mol. The van der Waals surface area contributed by atoms with Crippen LogP contribution < -0.4 is 5.73 Å². The average Bonchev–Trinajstić information content (AvgIpc) is 2.23. The molecule has 0 bridgehead atoms. The number of aromatic hydroxyl groups is 1. The fraction of sp³-hybridized carbons (Fsp3) is 0. The van der Waals surface area contributed by atoms with E-state index in [-0.39, 0.29) is 28.0 Å². The fourth-order valence-corrected chi connectivity index (χ4v) is 1.38. The van der Waals surface area contributed by atoms with Crippen LogP contribution in [-0.2, 0) is 0 Å². The topological polar surface area (TPSA) is 102 Å². The molecule has 0 aliphatic carbocycles. The summed E-state index contributed by atoms with van der Waals surface area (Å²) in [5.41, 5.74) is 5.37. The second-order valence-corrected chi connectivity index (χ2v) is 2.99. The van der Waals surface area contributed by atoms with Crippen molar-refractivity contribution in [3.05, 3.63) is 34.5 Å². The fourth-order valence-electron chi connectivity index (χ4n) is 1.38. The van der Waals surface area contributed by atoms with Crippen LogP contribution in [0.4, 0.5) is 11.4 Å². The van der Waals surface area contributed by atoms with Crippen LogP contribution in [-0.4, -0.2) is 15.0 Å². The normalized spacial score (nSPS) is 10.4. The molecule has 6 heteroatoms. The lowest BCUT2D eigenvalue weighted by Crippen LogP contribution is -1.95. The second kappa shape index (κ2) is 3.09. The van der Waals surface area contributed by atoms with Crippen molar-refractivity contribution in [1.29, 1.82) is 0 Å². The van der Waals surface area contributed by atoms with Gasteiger partial charge in [-0.1, -0.05) is 0 Å². The molecule has 0 atom stereocenters. The Kier molecular flexibility index (Phi) is 1.89. The molecular formula is C9H7N3O3. The van der Waals surface area contributed by atoms with Gasteiger partial charge in [0.1, 0.15) is 5.52 Å². The van der Waals surface area contributed by atoms with Gasteiger partial charge in [-0.25, -0.2) is 0 Å². The lowest BCUT2D eigenvalue weighted by molar-refractivity contribution is -0.383. The third kappa shape index (κ3) is 1.32. The van der Waals surface area contributed by atoms with Crippen molar-refractivity contribution in [3.8, 4) is 5.75 Å². The van der Waals surface area contributed by atoms with Gasteiger partial charge >= 0.3 is 0 Å². The smallest absolute Gasteiger partial charge is 0.281 e.